The molecular formula is C20H27N2NaO16S. The number of rotatable bonds is 10. The van der Waals surface area contributed by atoms with Gasteiger partial charge in [-0.05, 0) is 12.1 Å². The molecule has 0 radical (unpaired) electrons. The average molecular weight is 606 g/mol. The first kappa shape index (κ1) is 34.6. The van der Waals surface area contributed by atoms with E-state index < -0.39 is 95.8 Å². The van der Waals surface area contributed by atoms with E-state index in [0.29, 0.717) is 0 Å². The van der Waals surface area contributed by atoms with Crippen LogP contribution >= 0.6 is 0 Å². The van der Waals surface area contributed by atoms with E-state index in [1.807, 2.05) is 0 Å². The molecule has 0 aromatic heterocycles. The van der Waals surface area contributed by atoms with Gasteiger partial charge in [0.2, 0.25) is 22.6 Å². The second kappa shape index (κ2) is 14.6. The molecule has 6 N–H and O–H groups in total. The van der Waals surface area contributed by atoms with Gasteiger partial charge in [0.15, 0.2) is 6.29 Å². The molecule has 0 spiro atoms. The normalized spacial score (nSPS) is 34.4. The molecular weight excluding hydrogens is 579 g/mol. The van der Waals surface area contributed by atoms with E-state index >= 15 is 0 Å². The topological polar surface area (TPSA) is 277 Å². The molecule has 2 saturated heterocycles. The SMILES string of the molecule is CC(=O)N[C@H]1[C@H](Oc2ccc([N+](=O)[O-])cc2)O[C@H](CO)[C@@H](O[C@@H]2O[C@H](CO)[C@H](O)[C@H](OS(=O)(=O)[O-])[C@H]2O)[C@@H]1O.[Na+]. The van der Waals surface area contributed by atoms with Crippen molar-refractivity contribution in [3.8, 4) is 5.75 Å². The predicted molar refractivity (Wildman–Crippen MR) is 120 cm³/mol. The minimum atomic E-state index is -5.45. The first-order valence-corrected chi connectivity index (χ1v) is 12.6. The van der Waals surface area contributed by atoms with E-state index in [1.54, 1.807) is 0 Å². The van der Waals surface area contributed by atoms with Gasteiger partial charge in [0.1, 0.15) is 54.5 Å². The Morgan fingerprint density at radius 3 is 2.08 bits per heavy atom. The summed E-state index contributed by atoms with van der Waals surface area (Å²) in [6, 6.07) is 3.31. The molecule has 0 aliphatic carbocycles. The number of benzene rings is 1. The summed E-state index contributed by atoms with van der Waals surface area (Å²) in [4.78, 5) is 22.1. The molecule has 1 aromatic carbocycles. The van der Waals surface area contributed by atoms with Crippen LogP contribution in [-0.4, -0.2) is 124 Å². The molecule has 20 heteroatoms. The van der Waals surface area contributed by atoms with Crippen molar-refractivity contribution < 1.29 is 101 Å². The molecule has 3 rings (SSSR count). The summed E-state index contributed by atoms with van der Waals surface area (Å²) in [5, 5.41) is 64.4. The van der Waals surface area contributed by atoms with Crippen molar-refractivity contribution in [3.05, 3.63) is 34.4 Å². The van der Waals surface area contributed by atoms with Crippen LogP contribution in [0.5, 0.6) is 5.75 Å². The van der Waals surface area contributed by atoms with Crippen molar-refractivity contribution in [2.75, 3.05) is 13.2 Å². The van der Waals surface area contributed by atoms with Crippen LogP contribution in [0.4, 0.5) is 5.69 Å². The first-order valence-electron chi connectivity index (χ1n) is 11.3. The predicted octanol–water partition coefficient (Wildman–Crippen LogP) is -6.77. The van der Waals surface area contributed by atoms with Crippen LogP contribution in [0.15, 0.2) is 24.3 Å². The number of nitrogens with one attached hydrogen (secondary N) is 1. The van der Waals surface area contributed by atoms with Gasteiger partial charge < -0.3 is 54.3 Å². The number of carbonyl (C=O) groups excluding carboxylic acids is 1. The maximum Gasteiger partial charge on any atom is 1.00 e. The number of non-ortho nitro benzene ring substituents is 1. The van der Waals surface area contributed by atoms with Crippen LogP contribution in [0.2, 0.25) is 0 Å². The zero-order chi connectivity index (χ0) is 29.1. The first-order chi connectivity index (χ1) is 18.2. The number of nitrogens with zero attached hydrogens (tertiary/aromatic N) is 1. The van der Waals surface area contributed by atoms with E-state index in [2.05, 4.69) is 9.50 Å². The third-order valence-corrected chi connectivity index (χ3v) is 6.32. The zero-order valence-corrected chi connectivity index (χ0v) is 23.9. The summed E-state index contributed by atoms with van der Waals surface area (Å²) >= 11 is 0. The summed E-state index contributed by atoms with van der Waals surface area (Å²) in [7, 11) is -5.45. The number of aliphatic hydroxyl groups excluding tert-OH is 5. The largest absolute Gasteiger partial charge is 1.00 e. The molecule has 0 unspecified atom stereocenters. The Hall–Kier alpha value is -1.56. The Labute approximate surface area is 249 Å². The standard InChI is InChI=1S/C20H28N2O16S.Na/c1-8(25)21-13-15(27)17(12(7-24)36-19(13)34-10-4-2-9(3-5-10)22(29)30)37-20-16(28)18(38-39(31,32)33)14(26)11(6-23)35-20;/h2-5,11-20,23-24,26-28H,6-7H2,1H3,(H,21,25)(H,31,32,33);/q;+1/p-1/t11-,12-,13-,14+,15-,16-,17-,18+,19-,20+;/m1./s1. The second-order valence-corrected chi connectivity index (χ2v) is 9.60. The maximum atomic E-state index is 11.8. The van der Waals surface area contributed by atoms with Gasteiger partial charge >= 0.3 is 29.6 Å². The molecule has 220 valence electrons. The fourth-order valence-corrected chi connectivity index (χ4v) is 4.57. The quantitative estimate of drug-likeness (QED) is 0.0474. The van der Waals surface area contributed by atoms with E-state index in [4.69, 9.17) is 18.9 Å². The van der Waals surface area contributed by atoms with Gasteiger partial charge in [-0.15, -0.1) is 0 Å². The summed E-state index contributed by atoms with van der Waals surface area (Å²) in [5.41, 5.74) is -0.239. The molecule has 40 heavy (non-hydrogen) atoms. The van der Waals surface area contributed by atoms with E-state index in [1.165, 1.54) is 12.1 Å². The number of nitro benzene ring substituents is 1. The number of hydrogen-bond donors (Lipinski definition) is 6. The molecule has 2 aliphatic rings. The number of aliphatic hydroxyl groups is 5. The van der Waals surface area contributed by atoms with Gasteiger partial charge in [0, 0.05) is 19.1 Å². The van der Waals surface area contributed by atoms with Crippen molar-refractivity contribution >= 4 is 22.0 Å². The monoisotopic (exact) mass is 606 g/mol. The van der Waals surface area contributed by atoms with E-state index in [0.717, 1.165) is 19.1 Å². The number of amides is 1. The number of nitro groups is 1. The molecule has 0 saturated carbocycles. The van der Waals surface area contributed by atoms with Crippen LogP contribution in [0.3, 0.4) is 0 Å². The molecule has 0 bridgehead atoms. The fraction of sp³-hybridized carbons (Fsp3) is 0.650. The third kappa shape index (κ3) is 8.49. The van der Waals surface area contributed by atoms with Gasteiger partial charge in [-0.2, -0.15) is 0 Å². The Kier molecular flexibility index (Phi) is 12.6. The molecule has 1 amide bonds. The summed E-state index contributed by atoms with van der Waals surface area (Å²) in [6.07, 6.45) is -16.1. The molecule has 2 heterocycles. The van der Waals surface area contributed by atoms with Crippen molar-refractivity contribution in [1.82, 2.24) is 5.32 Å². The summed E-state index contributed by atoms with van der Waals surface area (Å²) in [6.45, 7) is -0.659. The van der Waals surface area contributed by atoms with Crippen molar-refractivity contribution in [2.45, 2.75) is 68.3 Å². The minimum Gasteiger partial charge on any atom is -0.726 e. The average Bonchev–Trinajstić information content (AvgIpc) is 2.86. The third-order valence-electron chi connectivity index (χ3n) is 5.86. The minimum absolute atomic E-state index is 0. The summed E-state index contributed by atoms with van der Waals surface area (Å²) in [5.74, 6) is -0.624. The molecule has 2 aliphatic heterocycles. The molecule has 10 atom stereocenters. The Morgan fingerprint density at radius 1 is 1.00 bits per heavy atom. The van der Waals surface area contributed by atoms with E-state index in [-0.39, 0.29) is 41.0 Å². The fourth-order valence-electron chi connectivity index (χ4n) is 4.07. The second-order valence-electron chi connectivity index (χ2n) is 8.59. The van der Waals surface area contributed by atoms with Crippen molar-refractivity contribution in [1.29, 1.82) is 0 Å². The Bertz CT molecular complexity index is 1110. The maximum absolute atomic E-state index is 11.8. The molecule has 18 nitrogen and oxygen atoms in total. The smallest absolute Gasteiger partial charge is 0.726 e. The van der Waals surface area contributed by atoms with E-state index in [9.17, 15) is 53.4 Å². The van der Waals surface area contributed by atoms with Crippen LogP contribution in [0.25, 0.3) is 0 Å². The van der Waals surface area contributed by atoms with Gasteiger partial charge in [-0.25, -0.2) is 8.42 Å². The molecule has 2 fully saturated rings. The van der Waals surface area contributed by atoms with Gasteiger partial charge in [0.05, 0.1) is 18.1 Å². The number of ether oxygens (including phenoxy) is 4. The number of carbonyl (C=O) groups is 1. The van der Waals surface area contributed by atoms with Crippen LogP contribution < -0.4 is 39.6 Å². The van der Waals surface area contributed by atoms with Gasteiger partial charge in [0.25, 0.3) is 5.69 Å². The Morgan fingerprint density at radius 2 is 1.57 bits per heavy atom. The zero-order valence-electron chi connectivity index (χ0n) is 21.1. The van der Waals surface area contributed by atoms with Crippen molar-refractivity contribution in [3.63, 3.8) is 0 Å². The summed E-state index contributed by atoms with van der Waals surface area (Å²) < 4.78 is 59.6. The van der Waals surface area contributed by atoms with Gasteiger partial charge in [-0.3, -0.25) is 19.1 Å². The van der Waals surface area contributed by atoms with Crippen LogP contribution in [0, 0.1) is 10.1 Å². The van der Waals surface area contributed by atoms with Gasteiger partial charge in [-0.1, -0.05) is 0 Å². The molecule has 1 aromatic rings. The van der Waals surface area contributed by atoms with Crippen LogP contribution in [0.1, 0.15) is 6.92 Å². The van der Waals surface area contributed by atoms with Crippen LogP contribution in [-0.2, 0) is 33.6 Å². The van der Waals surface area contributed by atoms with Crippen molar-refractivity contribution in [2.24, 2.45) is 0 Å². The number of hydrogen-bond acceptors (Lipinski definition) is 16. The Balaban J connectivity index is 0.00000560.